The van der Waals surface area contributed by atoms with E-state index in [4.69, 9.17) is 9.47 Å². The Labute approximate surface area is 167 Å². The number of nitrogens with zero attached hydrogens (tertiary/aromatic N) is 3. The number of anilines is 1. The summed E-state index contributed by atoms with van der Waals surface area (Å²) < 4.78 is 37.1. The van der Waals surface area contributed by atoms with E-state index in [9.17, 15) is 18.0 Å². The second-order valence-electron chi connectivity index (χ2n) is 4.91. The number of ether oxygens (including phenoxy) is 2. The van der Waals surface area contributed by atoms with Crippen LogP contribution in [0.1, 0.15) is 17.3 Å². The van der Waals surface area contributed by atoms with Crippen LogP contribution >= 0.6 is 0 Å². The molecule has 2 aromatic rings. The van der Waals surface area contributed by atoms with Gasteiger partial charge < -0.3 is 0 Å². The predicted molar refractivity (Wildman–Crippen MR) is 99.4 cm³/mol. The van der Waals surface area contributed by atoms with Crippen molar-refractivity contribution in [1.82, 2.24) is 19.7 Å². The molecule has 0 aliphatic heterocycles. The van der Waals surface area contributed by atoms with Crippen LogP contribution in [0.15, 0.2) is 29.2 Å². The Balaban J connectivity index is 2.24. The monoisotopic (exact) mass is 475 g/mol. The minimum atomic E-state index is -4.37. The summed E-state index contributed by atoms with van der Waals surface area (Å²) in [6.07, 6.45) is 0. The molecule has 0 spiro atoms. The van der Waals surface area contributed by atoms with E-state index in [1.54, 1.807) is 6.92 Å². The first-order valence-corrected chi connectivity index (χ1v) is 11.8. The average Bonchev–Trinajstić information content (AvgIpc) is 2.67. The van der Waals surface area contributed by atoms with Crippen LogP contribution in [0.2, 0.25) is 5.82 Å². The van der Waals surface area contributed by atoms with Crippen molar-refractivity contribution in [3.63, 3.8) is 0 Å². The van der Waals surface area contributed by atoms with Gasteiger partial charge in [-0.2, -0.15) is 0 Å². The van der Waals surface area contributed by atoms with Gasteiger partial charge in [0.1, 0.15) is 0 Å². The van der Waals surface area contributed by atoms with Crippen LogP contribution in [-0.4, -0.2) is 64.0 Å². The van der Waals surface area contributed by atoms with Crippen LogP contribution in [0, 0.1) is 0 Å². The number of aromatic nitrogens is 3. The fourth-order valence-corrected chi connectivity index (χ4v) is 3.79. The number of esters is 1. The topological polar surface area (TPSA) is 149 Å². The molecule has 0 aliphatic rings. The van der Waals surface area contributed by atoms with E-state index >= 15 is 0 Å². The molecule has 28 heavy (non-hydrogen) atoms. The van der Waals surface area contributed by atoms with Gasteiger partial charge in [0.05, 0.1) is 0 Å². The fraction of sp³-hybridized carbons (Fsp3) is 0.267. The number of urea groups is 1. The van der Waals surface area contributed by atoms with E-state index in [0.29, 0.717) is 4.72 Å². The van der Waals surface area contributed by atoms with E-state index < -0.39 is 26.9 Å². The van der Waals surface area contributed by atoms with Crippen molar-refractivity contribution >= 4 is 47.7 Å². The molecule has 0 unspecified atom stereocenters. The maximum atomic E-state index is 12.6. The molecule has 1 heterocycles. The molecule has 2 amide bonds. The molecule has 1 aromatic carbocycles. The molecule has 0 saturated heterocycles. The van der Waals surface area contributed by atoms with Crippen LogP contribution in [0.3, 0.4) is 0 Å². The second kappa shape index (κ2) is 9.44. The molecule has 0 bridgehead atoms. The molecule has 0 atom stereocenters. The molecule has 0 saturated carbocycles. The maximum absolute atomic E-state index is 12.6. The van der Waals surface area contributed by atoms with Gasteiger partial charge in [-0.15, -0.1) is 0 Å². The normalized spacial score (nSPS) is 10.8. The standard InChI is InChI=1S/C15H17N5O6SSe/c1-4-26-11(21)9-7-5-6-8-10(9)27(23,24)20-13(22)16-12-17-14(25-2)19-15(18-12)28-3/h5-8H,4H2,1-3H3,(H2,16,17,18,19,20,22). The Hall–Kier alpha value is -2.76. The first-order valence-electron chi connectivity index (χ1n) is 7.74. The summed E-state index contributed by atoms with van der Waals surface area (Å²) in [6.45, 7) is 1.67. The molecular formula is C15H17N5O6SSe. The fourth-order valence-electron chi connectivity index (χ4n) is 1.96. The van der Waals surface area contributed by atoms with Crippen molar-refractivity contribution in [3.8, 4) is 6.01 Å². The van der Waals surface area contributed by atoms with Gasteiger partial charge >= 0.3 is 160 Å². The molecule has 13 heteroatoms. The van der Waals surface area contributed by atoms with Crippen LogP contribution < -0.4 is 19.5 Å². The summed E-state index contributed by atoms with van der Waals surface area (Å²) in [7, 11) is -3.02. The summed E-state index contributed by atoms with van der Waals surface area (Å²) >= 11 is -0.103. The number of hydrogen-bond donors (Lipinski definition) is 2. The van der Waals surface area contributed by atoms with Gasteiger partial charge in [0.15, 0.2) is 0 Å². The van der Waals surface area contributed by atoms with E-state index in [1.165, 1.54) is 31.4 Å². The zero-order valence-electron chi connectivity index (χ0n) is 15.1. The summed E-state index contributed by atoms with van der Waals surface area (Å²) in [5.41, 5.74) is -0.192. The summed E-state index contributed by atoms with van der Waals surface area (Å²) in [5.74, 6) is 0.862. The number of carbonyl (C=O) groups is 2. The van der Waals surface area contributed by atoms with E-state index in [0.717, 1.165) is 0 Å². The number of carbonyl (C=O) groups excluding carboxylic acids is 2. The van der Waals surface area contributed by atoms with Gasteiger partial charge in [-0.05, 0) is 6.92 Å². The Bertz CT molecular complexity index is 962. The number of rotatable bonds is 7. The zero-order valence-corrected chi connectivity index (χ0v) is 17.7. The first-order chi connectivity index (χ1) is 13.3. The quantitative estimate of drug-likeness (QED) is 0.416. The third-order valence-electron chi connectivity index (χ3n) is 3.08. The average molecular weight is 474 g/mol. The molecule has 1 aromatic heterocycles. The predicted octanol–water partition coefficient (Wildman–Crippen LogP) is -0.0551. The van der Waals surface area contributed by atoms with Gasteiger partial charge in [-0.1, -0.05) is 0 Å². The summed E-state index contributed by atoms with van der Waals surface area (Å²) in [4.78, 5) is 35.6. The van der Waals surface area contributed by atoms with Crippen LogP contribution in [-0.2, 0) is 14.8 Å². The molecule has 11 nitrogen and oxygen atoms in total. The van der Waals surface area contributed by atoms with Gasteiger partial charge in [0, 0.05) is 0 Å². The molecule has 150 valence electrons. The van der Waals surface area contributed by atoms with Gasteiger partial charge in [0.25, 0.3) is 0 Å². The first kappa shape index (κ1) is 21.5. The Morgan fingerprint density at radius 3 is 2.54 bits per heavy atom. The number of methoxy groups -OCH3 is 1. The minimum absolute atomic E-state index is 0.0143. The van der Waals surface area contributed by atoms with Gasteiger partial charge in [0.2, 0.25) is 0 Å². The summed E-state index contributed by atoms with van der Waals surface area (Å²) in [6, 6.07) is 4.25. The third kappa shape index (κ3) is 5.38. The third-order valence-corrected chi connectivity index (χ3v) is 5.62. The molecular weight excluding hydrogens is 457 g/mol. The van der Waals surface area contributed by atoms with Crippen molar-refractivity contribution in [2.75, 3.05) is 19.0 Å². The van der Waals surface area contributed by atoms with Crippen molar-refractivity contribution < 1.29 is 27.5 Å². The number of amides is 2. The van der Waals surface area contributed by atoms with E-state index in [2.05, 4.69) is 20.3 Å². The van der Waals surface area contributed by atoms with Crippen molar-refractivity contribution in [1.29, 1.82) is 0 Å². The number of nitrogens with one attached hydrogen (secondary N) is 2. The molecule has 2 rings (SSSR count). The van der Waals surface area contributed by atoms with Crippen molar-refractivity contribution in [2.24, 2.45) is 0 Å². The molecule has 0 aliphatic carbocycles. The van der Waals surface area contributed by atoms with Crippen LogP contribution in [0.5, 0.6) is 6.01 Å². The van der Waals surface area contributed by atoms with Gasteiger partial charge in [-0.3, -0.25) is 0 Å². The molecule has 0 radical (unpaired) electrons. The second-order valence-corrected chi connectivity index (χ2v) is 8.18. The van der Waals surface area contributed by atoms with Crippen LogP contribution in [0.25, 0.3) is 0 Å². The Morgan fingerprint density at radius 2 is 1.89 bits per heavy atom. The number of benzene rings is 1. The van der Waals surface area contributed by atoms with E-state index in [1.807, 2.05) is 10.5 Å². The molecule has 2 N–H and O–H groups in total. The number of hydrogen-bond acceptors (Lipinski definition) is 9. The van der Waals surface area contributed by atoms with Crippen molar-refractivity contribution in [2.45, 2.75) is 17.6 Å². The number of sulfonamides is 1. The van der Waals surface area contributed by atoms with Crippen LogP contribution in [0.4, 0.5) is 10.7 Å². The SMILES string of the molecule is CCOC(=O)c1ccccc1S(=O)(=O)NC(=O)Nc1nc(OC)nc([Se]C)n1. The van der Waals surface area contributed by atoms with E-state index in [-0.39, 0.29) is 39.1 Å². The molecule has 0 fully saturated rings. The Kier molecular flexibility index (Phi) is 7.26. The summed E-state index contributed by atoms with van der Waals surface area (Å²) in [5, 5.41) is 2.21. The van der Waals surface area contributed by atoms with Crippen molar-refractivity contribution in [3.05, 3.63) is 29.8 Å². The Morgan fingerprint density at radius 1 is 1.18 bits per heavy atom. The van der Waals surface area contributed by atoms with Gasteiger partial charge in [-0.25, -0.2) is 0 Å². The zero-order chi connectivity index (χ0) is 20.7.